The summed E-state index contributed by atoms with van der Waals surface area (Å²) in [6.07, 6.45) is 2.61. The summed E-state index contributed by atoms with van der Waals surface area (Å²) >= 11 is 0. The van der Waals surface area contributed by atoms with E-state index in [-0.39, 0.29) is 28.7 Å². The van der Waals surface area contributed by atoms with Crippen LogP contribution in [-0.2, 0) is 9.53 Å². The van der Waals surface area contributed by atoms with E-state index in [4.69, 9.17) is 10.5 Å². The van der Waals surface area contributed by atoms with E-state index in [9.17, 15) is 10.0 Å². The monoisotopic (exact) mass is 359 g/mol. The van der Waals surface area contributed by atoms with Crippen molar-refractivity contribution in [1.29, 1.82) is 0 Å². The van der Waals surface area contributed by atoms with Gasteiger partial charge in [-0.05, 0) is 37.5 Å². The van der Waals surface area contributed by atoms with E-state index in [0.29, 0.717) is 19.6 Å². The molecule has 0 fully saturated rings. The Hall–Kier alpha value is -0.690. The maximum Gasteiger partial charge on any atom is 0.313 e. The summed E-state index contributed by atoms with van der Waals surface area (Å²) in [5, 5.41) is 13.4. The molecule has 0 heterocycles. The van der Waals surface area contributed by atoms with Crippen LogP contribution in [0, 0.1) is 21.5 Å². The van der Waals surface area contributed by atoms with Crippen LogP contribution in [0.2, 0.25) is 0 Å². The summed E-state index contributed by atoms with van der Waals surface area (Å²) < 4.78 is 5.63. The number of rotatable bonds is 12. The van der Waals surface area contributed by atoms with Gasteiger partial charge in [0.15, 0.2) is 6.73 Å². The summed E-state index contributed by atoms with van der Waals surface area (Å²) in [5.41, 5.74) is 4.79. The second-order valence-electron chi connectivity index (χ2n) is 8.62. The highest BCUT2D eigenvalue weighted by molar-refractivity contribution is 5.77. The molecule has 0 aromatic rings. The van der Waals surface area contributed by atoms with E-state index in [1.807, 2.05) is 6.92 Å². The first-order chi connectivity index (χ1) is 11.4. The van der Waals surface area contributed by atoms with Crippen molar-refractivity contribution in [3.05, 3.63) is 5.21 Å². The van der Waals surface area contributed by atoms with Gasteiger partial charge in [-0.25, -0.2) is 0 Å². The molecule has 2 unspecified atom stereocenters. The number of quaternary nitrogens is 1. The molecule has 3 N–H and O–H groups in total. The topological polar surface area (TPSA) is 83.1 Å². The molecule has 0 aliphatic carbocycles. The van der Waals surface area contributed by atoms with Gasteiger partial charge in [0.1, 0.15) is 0 Å². The highest BCUT2D eigenvalue weighted by atomic mass is 16.6. The third-order valence-electron chi connectivity index (χ3n) is 6.02. The van der Waals surface area contributed by atoms with Crippen LogP contribution in [0.5, 0.6) is 0 Å². The average Bonchev–Trinajstić information content (AvgIpc) is 2.56. The molecule has 0 radical (unpaired) electrons. The molecular weight excluding hydrogens is 318 g/mol. The molecule has 0 bridgehead atoms. The number of hydrogen-bond donors (Lipinski definition) is 2. The van der Waals surface area contributed by atoms with Gasteiger partial charge in [-0.15, -0.1) is 5.01 Å². The third kappa shape index (κ3) is 6.51. The Balaban J connectivity index is 5.36. The summed E-state index contributed by atoms with van der Waals surface area (Å²) in [7, 11) is 0. The first kappa shape index (κ1) is 24.3. The van der Waals surface area contributed by atoms with Crippen molar-refractivity contribution < 1.29 is 14.7 Å². The SMILES string of the molecule is CC[NH+]([O-])N(CCN)COC(=O)C(C)(CC(C)(C)CC)C(C)(C)CC. The lowest BCUT2D eigenvalue weighted by Crippen LogP contribution is -3.14. The van der Waals surface area contributed by atoms with Crippen LogP contribution in [0.15, 0.2) is 0 Å². The van der Waals surface area contributed by atoms with Gasteiger partial charge in [-0.2, -0.15) is 0 Å². The van der Waals surface area contributed by atoms with Crippen molar-refractivity contribution in [1.82, 2.24) is 5.01 Å². The molecule has 0 amide bonds. The summed E-state index contributed by atoms with van der Waals surface area (Å²) in [6, 6.07) is 0. The summed E-state index contributed by atoms with van der Waals surface area (Å²) in [6.45, 7) is 17.8. The van der Waals surface area contributed by atoms with Crippen molar-refractivity contribution in [2.75, 3.05) is 26.4 Å². The zero-order chi connectivity index (χ0) is 19.9. The van der Waals surface area contributed by atoms with E-state index >= 15 is 0 Å². The van der Waals surface area contributed by atoms with Gasteiger partial charge in [0.05, 0.1) is 18.5 Å². The lowest BCUT2D eigenvalue weighted by molar-refractivity contribution is -0.973. The minimum absolute atomic E-state index is 0.0232. The van der Waals surface area contributed by atoms with Gasteiger partial charge in [0.2, 0.25) is 0 Å². The predicted octanol–water partition coefficient (Wildman–Crippen LogP) is 2.33. The van der Waals surface area contributed by atoms with Gasteiger partial charge >= 0.3 is 5.97 Å². The lowest BCUT2D eigenvalue weighted by Gasteiger charge is -2.46. The lowest BCUT2D eigenvalue weighted by atomic mass is 9.58. The number of esters is 1. The van der Waals surface area contributed by atoms with Crippen LogP contribution in [0.1, 0.15) is 74.7 Å². The van der Waals surface area contributed by atoms with Crippen molar-refractivity contribution in [3.63, 3.8) is 0 Å². The normalized spacial score (nSPS) is 16.6. The van der Waals surface area contributed by atoms with Gasteiger partial charge in [0.25, 0.3) is 0 Å². The van der Waals surface area contributed by atoms with E-state index in [0.717, 1.165) is 19.3 Å². The smallest absolute Gasteiger partial charge is 0.313 e. The first-order valence-electron chi connectivity index (χ1n) is 9.55. The van der Waals surface area contributed by atoms with Crippen LogP contribution >= 0.6 is 0 Å². The minimum Gasteiger partial charge on any atom is -0.613 e. The molecule has 6 nitrogen and oxygen atoms in total. The number of nitrogens with zero attached hydrogens (tertiary/aromatic N) is 1. The molecular formula is C19H41N3O3. The average molecular weight is 360 g/mol. The van der Waals surface area contributed by atoms with E-state index in [2.05, 4.69) is 41.5 Å². The molecule has 0 aromatic carbocycles. The van der Waals surface area contributed by atoms with Crippen molar-refractivity contribution in [3.8, 4) is 0 Å². The molecule has 2 atom stereocenters. The molecule has 0 spiro atoms. The first-order valence-corrected chi connectivity index (χ1v) is 9.55. The van der Waals surface area contributed by atoms with E-state index < -0.39 is 5.41 Å². The number of nitrogens with one attached hydrogen (secondary N) is 1. The van der Waals surface area contributed by atoms with Crippen molar-refractivity contribution in [2.24, 2.45) is 22.0 Å². The summed E-state index contributed by atoms with van der Waals surface area (Å²) in [4.78, 5) is 13.1. The zero-order valence-electron chi connectivity index (χ0n) is 17.7. The maximum absolute atomic E-state index is 13.1. The second-order valence-corrected chi connectivity index (χ2v) is 8.62. The van der Waals surface area contributed by atoms with Crippen LogP contribution in [0.4, 0.5) is 0 Å². The third-order valence-corrected chi connectivity index (χ3v) is 6.02. The Labute approximate surface area is 154 Å². The number of hydroxylamine groups is 1. The predicted molar refractivity (Wildman–Crippen MR) is 102 cm³/mol. The molecule has 0 aromatic heterocycles. The van der Waals surface area contributed by atoms with Gasteiger partial charge in [-0.1, -0.05) is 48.0 Å². The van der Waals surface area contributed by atoms with Gasteiger partial charge in [-0.3, -0.25) is 9.97 Å². The van der Waals surface area contributed by atoms with Crippen LogP contribution in [-0.4, -0.2) is 37.3 Å². The number of hydrogen-bond acceptors (Lipinski definition) is 5. The van der Waals surface area contributed by atoms with Crippen LogP contribution < -0.4 is 10.9 Å². The molecule has 150 valence electrons. The Kier molecular flexibility index (Phi) is 9.58. The largest absolute Gasteiger partial charge is 0.613 e. The van der Waals surface area contributed by atoms with E-state index in [1.54, 1.807) is 6.92 Å². The quantitative estimate of drug-likeness (QED) is 0.317. The van der Waals surface area contributed by atoms with Gasteiger partial charge in [0, 0.05) is 6.54 Å². The fraction of sp³-hybridized carbons (Fsp3) is 0.947. The number of carbonyl (C=O) groups excluding carboxylic acids is 1. The number of carbonyl (C=O) groups is 1. The standard InChI is InChI=1S/C19H41N3O3/c1-9-17(4,5)14-19(8,18(6,7)10-2)16(23)25-15-21(13-12-20)22(24)11-3/h22H,9-15,20H2,1-8H3. The molecule has 0 aliphatic heterocycles. The van der Waals surface area contributed by atoms with Crippen LogP contribution in [0.25, 0.3) is 0 Å². The van der Waals surface area contributed by atoms with Gasteiger partial charge < -0.3 is 15.7 Å². The zero-order valence-corrected chi connectivity index (χ0v) is 17.7. The maximum atomic E-state index is 13.1. The van der Waals surface area contributed by atoms with E-state index in [1.165, 1.54) is 5.01 Å². The van der Waals surface area contributed by atoms with Crippen LogP contribution in [0.3, 0.4) is 0 Å². The fourth-order valence-electron chi connectivity index (χ4n) is 3.00. The Morgan fingerprint density at radius 2 is 1.68 bits per heavy atom. The second kappa shape index (κ2) is 9.86. The highest BCUT2D eigenvalue weighted by Crippen LogP contribution is 2.50. The number of ether oxygens (including phenoxy) is 1. The molecule has 0 saturated carbocycles. The molecule has 0 rings (SSSR count). The minimum atomic E-state index is -0.620. The molecule has 0 saturated heterocycles. The Morgan fingerprint density at radius 3 is 2.08 bits per heavy atom. The summed E-state index contributed by atoms with van der Waals surface area (Å²) in [5.74, 6) is -0.230. The molecule has 6 heteroatoms. The van der Waals surface area contributed by atoms with Crippen molar-refractivity contribution in [2.45, 2.75) is 74.7 Å². The molecule has 25 heavy (non-hydrogen) atoms. The van der Waals surface area contributed by atoms with Crippen molar-refractivity contribution >= 4 is 5.97 Å². The Bertz CT molecular complexity index is 413. The number of nitrogens with two attached hydrogens (primary N) is 1. The highest BCUT2D eigenvalue weighted by Gasteiger charge is 2.49. The molecule has 0 aliphatic rings. The Morgan fingerprint density at radius 1 is 1.12 bits per heavy atom. The fourth-order valence-corrected chi connectivity index (χ4v) is 3.00.